The van der Waals surface area contributed by atoms with E-state index in [0.29, 0.717) is 5.56 Å². The minimum atomic E-state index is -2.64. The number of amides is 1. The van der Waals surface area contributed by atoms with Gasteiger partial charge in [-0.15, -0.1) is 0 Å². The van der Waals surface area contributed by atoms with Gasteiger partial charge in [-0.3, -0.25) is 14.4 Å². The molecule has 4 atom stereocenters. The first-order chi connectivity index (χ1) is 14.5. The molecule has 3 aliphatic carbocycles. The van der Waals surface area contributed by atoms with Crippen molar-refractivity contribution in [2.24, 2.45) is 17.6 Å². The van der Waals surface area contributed by atoms with Crippen molar-refractivity contribution in [2.45, 2.75) is 31.4 Å². The number of benzene rings is 1. The number of Topliss-reactive ketones (excluding diaryl/α,β-unsaturated/α-hetero) is 2. The van der Waals surface area contributed by atoms with Gasteiger partial charge in [-0.2, -0.15) is 0 Å². The largest absolute Gasteiger partial charge is 0.508 e. The molecule has 0 unspecified atom stereocenters. The lowest BCUT2D eigenvalue weighted by atomic mass is 9.57. The Balaban J connectivity index is 1.97. The highest BCUT2D eigenvalue weighted by atomic mass is 35.5. The second-order valence-corrected chi connectivity index (χ2v) is 8.42. The number of hydrogen-bond donors (Lipinski definition) is 6. The van der Waals surface area contributed by atoms with Gasteiger partial charge in [0.1, 0.15) is 22.8 Å². The summed E-state index contributed by atoms with van der Waals surface area (Å²) < 4.78 is 0. The first-order valence-electron chi connectivity index (χ1n) is 9.77. The maximum Gasteiger partial charge on any atom is 0.255 e. The van der Waals surface area contributed by atoms with Crippen molar-refractivity contribution >= 4 is 34.8 Å². The molecule has 0 bridgehead atoms. The molecule has 1 amide bonds. The number of nitrogens with two attached hydrogens (primary N) is 1. The monoisotopic (exact) mass is 448 g/mol. The zero-order valence-corrected chi connectivity index (χ0v) is 17.2. The maximum atomic E-state index is 13.5. The number of ketones is 2. The highest BCUT2D eigenvalue weighted by Crippen LogP contribution is 2.52. The van der Waals surface area contributed by atoms with Crippen molar-refractivity contribution in [1.29, 1.82) is 0 Å². The van der Waals surface area contributed by atoms with Gasteiger partial charge in [-0.1, -0.05) is 18.5 Å². The zero-order valence-electron chi connectivity index (χ0n) is 16.5. The van der Waals surface area contributed by atoms with Gasteiger partial charge in [0.05, 0.1) is 11.6 Å². The molecule has 1 aromatic carbocycles. The Morgan fingerprint density at radius 1 is 1.29 bits per heavy atom. The third kappa shape index (κ3) is 2.73. The Bertz CT molecular complexity index is 1110. The van der Waals surface area contributed by atoms with Crippen LogP contribution in [0.5, 0.6) is 5.75 Å². The number of halogens is 1. The number of carbonyl (C=O) groups excluding carboxylic acids is 3. The number of hydrogen-bond acceptors (Lipinski definition) is 8. The molecule has 4 rings (SSSR count). The fraction of sp³-hybridized carbons (Fsp3) is 0.381. The first kappa shape index (κ1) is 21.4. The highest BCUT2D eigenvalue weighted by molar-refractivity contribution is 6.32. The number of aliphatic hydroxyl groups excluding tert-OH is 2. The van der Waals surface area contributed by atoms with Crippen LogP contribution in [0.15, 0.2) is 29.0 Å². The molecule has 1 saturated carbocycles. The average molecular weight is 449 g/mol. The minimum Gasteiger partial charge on any atom is -0.508 e. The van der Waals surface area contributed by atoms with Gasteiger partial charge in [-0.25, -0.2) is 0 Å². The first-order valence-corrected chi connectivity index (χ1v) is 10.2. The van der Waals surface area contributed by atoms with E-state index in [2.05, 4.69) is 5.32 Å². The van der Waals surface area contributed by atoms with Crippen LogP contribution in [0, 0.1) is 11.8 Å². The number of fused-ring (bicyclic) bond motifs is 3. The van der Waals surface area contributed by atoms with Crippen molar-refractivity contribution in [3.05, 3.63) is 45.2 Å². The van der Waals surface area contributed by atoms with Crippen LogP contribution in [0.3, 0.4) is 0 Å². The third-order valence-electron chi connectivity index (χ3n) is 6.45. The molecule has 0 aliphatic heterocycles. The Labute approximate surface area is 181 Å². The molecule has 9 nitrogen and oxygen atoms in total. The molecule has 0 heterocycles. The van der Waals surface area contributed by atoms with Crippen molar-refractivity contribution in [2.75, 3.05) is 6.54 Å². The number of nitrogens with one attached hydrogen (secondary N) is 1. The quantitative estimate of drug-likeness (QED) is 0.366. The van der Waals surface area contributed by atoms with Crippen LogP contribution >= 0.6 is 11.6 Å². The lowest BCUT2D eigenvalue weighted by Gasteiger charge is -2.49. The molecule has 164 valence electrons. The van der Waals surface area contributed by atoms with Gasteiger partial charge in [0.15, 0.2) is 11.4 Å². The van der Waals surface area contributed by atoms with E-state index in [1.165, 1.54) is 12.1 Å². The predicted octanol–water partition coefficient (Wildman–Crippen LogP) is 0.665. The maximum absolute atomic E-state index is 13.5. The van der Waals surface area contributed by atoms with E-state index < -0.39 is 58.0 Å². The summed E-state index contributed by atoms with van der Waals surface area (Å²) in [5.74, 6) is -6.87. The van der Waals surface area contributed by atoms with Gasteiger partial charge < -0.3 is 31.5 Å². The number of phenols is 1. The van der Waals surface area contributed by atoms with Gasteiger partial charge >= 0.3 is 0 Å². The molecule has 31 heavy (non-hydrogen) atoms. The van der Waals surface area contributed by atoms with E-state index in [4.69, 9.17) is 17.3 Å². The van der Waals surface area contributed by atoms with Gasteiger partial charge in [-0.05, 0) is 43.0 Å². The average Bonchev–Trinajstić information content (AvgIpc) is 2.70. The fourth-order valence-electron chi connectivity index (χ4n) is 5.09. The lowest BCUT2D eigenvalue weighted by Crippen LogP contribution is -2.66. The van der Waals surface area contributed by atoms with Crippen LogP contribution in [0.25, 0.3) is 5.76 Å². The third-order valence-corrected chi connectivity index (χ3v) is 6.80. The summed E-state index contributed by atoms with van der Waals surface area (Å²) in [6, 6.07) is 1.59. The normalized spacial score (nSPS) is 30.1. The molecular weight excluding hydrogens is 428 g/mol. The van der Waals surface area contributed by atoms with Crippen LogP contribution in [-0.4, -0.2) is 56.1 Å². The molecular formula is C21H21ClN2O7. The molecule has 10 heteroatoms. The summed E-state index contributed by atoms with van der Waals surface area (Å²) in [6.45, 7) is 1.99. The number of primary amides is 1. The summed E-state index contributed by atoms with van der Waals surface area (Å²) in [4.78, 5) is 38.2. The second kappa shape index (κ2) is 7.08. The molecule has 1 fully saturated rings. The predicted molar refractivity (Wildman–Crippen MR) is 109 cm³/mol. The number of likely N-dealkylation sites (N-methyl/N-ethyl adjacent to an activating group) is 1. The second-order valence-electron chi connectivity index (χ2n) is 8.01. The van der Waals surface area contributed by atoms with Crippen molar-refractivity contribution in [3.63, 3.8) is 0 Å². The van der Waals surface area contributed by atoms with E-state index in [9.17, 15) is 34.8 Å². The van der Waals surface area contributed by atoms with Crippen LogP contribution in [-0.2, 0) is 20.8 Å². The Morgan fingerprint density at radius 2 is 1.97 bits per heavy atom. The molecule has 0 saturated heterocycles. The molecule has 0 radical (unpaired) electrons. The molecule has 7 N–H and O–H groups in total. The fourth-order valence-corrected chi connectivity index (χ4v) is 5.33. The van der Waals surface area contributed by atoms with Crippen LogP contribution < -0.4 is 11.1 Å². The molecule has 0 aromatic heterocycles. The molecule has 3 aliphatic rings. The number of rotatable bonds is 3. The standard InChI is InChI=1S/C21H21ClN2O7/c1-2-24-15-9-6-7-5-8-10(22)3-4-11(25)13(8)16(26)12(7)18(28)21(9,31)19(29)14(17(15)27)20(23)30/h3-4,7,9,15,24-26,29,31H,2,5-6H2,1H3,(H2,23,30)/t7-,9-,15-,21-/m0/s1. The van der Waals surface area contributed by atoms with E-state index >= 15 is 0 Å². The number of aromatic hydroxyl groups is 1. The number of aliphatic hydroxyl groups is 3. The van der Waals surface area contributed by atoms with E-state index in [1.54, 1.807) is 6.92 Å². The summed E-state index contributed by atoms with van der Waals surface area (Å²) in [5.41, 5.74) is 1.97. The van der Waals surface area contributed by atoms with Gasteiger partial charge in [0.25, 0.3) is 5.91 Å². The Hall–Kier alpha value is -2.88. The number of carbonyl (C=O) groups is 3. The smallest absolute Gasteiger partial charge is 0.255 e. The molecule has 0 spiro atoms. The van der Waals surface area contributed by atoms with Gasteiger partial charge in [0.2, 0.25) is 5.78 Å². The SMILES string of the molecule is CCN[C@@H]1C(=O)C(C(N)=O)=C(O)[C@@]2(O)C(=O)C3=C(O)c4c(O)ccc(Cl)c4C[C@H]3C[C@@H]12. The highest BCUT2D eigenvalue weighted by Gasteiger charge is 2.63. The summed E-state index contributed by atoms with van der Waals surface area (Å²) >= 11 is 6.25. The van der Waals surface area contributed by atoms with Crippen LogP contribution in [0.4, 0.5) is 0 Å². The topological polar surface area (TPSA) is 170 Å². The van der Waals surface area contributed by atoms with Crippen LogP contribution in [0.1, 0.15) is 24.5 Å². The Kier molecular flexibility index (Phi) is 4.88. The van der Waals surface area contributed by atoms with Crippen molar-refractivity contribution in [3.8, 4) is 5.75 Å². The summed E-state index contributed by atoms with van der Waals surface area (Å²) in [7, 11) is 0. The zero-order chi connectivity index (χ0) is 22.8. The minimum absolute atomic E-state index is 0.0204. The number of phenolic OH excluding ortho intramolecular Hbond substituents is 1. The lowest BCUT2D eigenvalue weighted by molar-refractivity contribution is -0.150. The Morgan fingerprint density at radius 3 is 2.58 bits per heavy atom. The van der Waals surface area contributed by atoms with Crippen molar-refractivity contribution < 1.29 is 34.8 Å². The summed E-state index contributed by atoms with van der Waals surface area (Å²) in [6.07, 6.45) is 0.188. The molecule has 1 aromatic rings. The van der Waals surface area contributed by atoms with Crippen molar-refractivity contribution in [1.82, 2.24) is 5.32 Å². The van der Waals surface area contributed by atoms with E-state index in [0.717, 1.165) is 0 Å². The van der Waals surface area contributed by atoms with Crippen LogP contribution in [0.2, 0.25) is 5.02 Å². The van der Waals surface area contributed by atoms with E-state index in [-0.39, 0.29) is 41.3 Å². The van der Waals surface area contributed by atoms with E-state index in [1.807, 2.05) is 0 Å². The van der Waals surface area contributed by atoms with Gasteiger partial charge in [0, 0.05) is 16.5 Å². The summed E-state index contributed by atoms with van der Waals surface area (Å²) in [5, 5.41) is 46.3.